The molecule has 0 radical (unpaired) electrons. The minimum Gasteiger partial charge on any atom is -0.478 e. The summed E-state index contributed by atoms with van der Waals surface area (Å²) in [6.07, 6.45) is 0. The highest BCUT2D eigenvalue weighted by atomic mass is 16.4. The van der Waals surface area contributed by atoms with Gasteiger partial charge >= 0.3 is 5.97 Å². The lowest BCUT2D eigenvalue weighted by atomic mass is 10.1. The Morgan fingerprint density at radius 2 is 1.72 bits per heavy atom. The lowest BCUT2D eigenvalue weighted by Crippen LogP contribution is -2.22. The number of benzene rings is 2. The molecule has 0 spiro atoms. The van der Waals surface area contributed by atoms with Gasteiger partial charge in [-0.05, 0) is 30.7 Å². The maximum atomic E-state index is 12.5. The van der Waals surface area contributed by atoms with Crippen molar-refractivity contribution in [1.29, 1.82) is 0 Å². The number of aromatic carboxylic acids is 1. The van der Waals surface area contributed by atoms with Crippen LogP contribution in [0.4, 0.5) is 0 Å². The zero-order valence-electron chi connectivity index (χ0n) is 13.7. The van der Waals surface area contributed by atoms with Gasteiger partial charge < -0.3 is 14.8 Å². The third-order valence-electron chi connectivity index (χ3n) is 3.79. The molecular formula is C20H17NO4. The van der Waals surface area contributed by atoms with E-state index in [0.29, 0.717) is 23.6 Å². The van der Waals surface area contributed by atoms with E-state index >= 15 is 0 Å². The van der Waals surface area contributed by atoms with Crippen LogP contribution in [0.3, 0.4) is 0 Å². The predicted octanol–water partition coefficient (Wildman–Crippen LogP) is 3.88. The number of nitrogens with one attached hydrogen (secondary N) is 1. The third-order valence-corrected chi connectivity index (χ3v) is 3.79. The molecule has 1 heterocycles. The number of carbonyl (C=O) groups is 2. The Kier molecular flexibility index (Phi) is 4.66. The summed E-state index contributed by atoms with van der Waals surface area (Å²) < 4.78 is 5.69. The van der Waals surface area contributed by atoms with Gasteiger partial charge in [-0.2, -0.15) is 0 Å². The number of carboxylic acid groups (broad SMARTS) is 1. The number of amides is 1. The van der Waals surface area contributed by atoms with Gasteiger partial charge in [0.2, 0.25) is 0 Å². The molecule has 3 aromatic rings. The van der Waals surface area contributed by atoms with Gasteiger partial charge in [0.25, 0.3) is 5.91 Å². The van der Waals surface area contributed by atoms with Crippen LogP contribution in [-0.4, -0.2) is 17.0 Å². The van der Waals surface area contributed by atoms with E-state index < -0.39 is 5.97 Å². The normalized spacial score (nSPS) is 10.4. The maximum absolute atomic E-state index is 12.5. The first-order chi connectivity index (χ1) is 12.0. The number of furan rings is 1. The molecule has 0 fully saturated rings. The van der Waals surface area contributed by atoms with E-state index in [1.54, 1.807) is 25.1 Å². The van der Waals surface area contributed by atoms with E-state index in [-0.39, 0.29) is 11.5 Å². The number of aryl methyl sites for hydroxylation is 1. The standard InChI is InChI=1S/C20H17NO4/c1-13-11-17(18(25-13)15-5-3-2-4-6-15)19(22)21-12-14-7-9-16(10-8-14)20(23)24/h2-11H,12H2,1H3,(H,21,22)(H,23,24). The van der Waals surface area contributed by atoms with E-state index in [2.05, 4.69) is 5.32 Å². The molecule has 1 amide bonds. The molecule has 5 heteroatoms. The first-order valence-corrected chi connectivity index (χ1v) is 7.81. The van der Waals surface area contributed by atoms with Crippen molar-refractivity contribution < 1.29 is 19.1 Å². The lowest BCUT2D eigenvalue weighted by Gasteiger charge is -2.06. The zero-order chi connectivity index (χ0) is 17.8. The largest absolute Gasteiger partial charge is 0.478 e. The van der Waals surface area contributed by atoms with Crippen LogP contribution in [0.25, 0.3) is 11.3 Å². The smallest absolute Gasteiger partial charge is 0.335 e. The molecular weight excluding hydrogens is 318 g/mol. The molecule has 0 unspecified atom stereocenters. The summed E-state index contributed by atoms with van der Waals surface area (Å²) in [4.78, 5) is 23.4. The second-order valence-corrected chi connectivity index (χ2v) is 5.65. The van der Waals surface area contributed by atoms with E-state index in [1.165, 1.54) is 12.1 Å². The van der Waals surface area contributed by atoms with E-state index in [0.717, 1.165) is 11.1 Å². The van der Waals surface area contributed by atoms with Crippen molar-refractivity contribution in [3.63, 3.8) is 0 Å². The number of carbonyl (C=O) groups excluding carboxylic acids is 1. The van der Waals surface area contributed by atoms with Gasteiger partial charge in [0.1, 0.15) is 11.5 Å². The van der Waals surface area contributed by atoms with Crippen LogP contribution < -0.4 is 5.32 Å². The molecule has 0 bridgehead atoms. The van der Waals surface area contributed by atoms with Gasteiger partial charge in [0, 0.05) is 12.1 Å². The maximum Gasteiger partial charge on any atom is 0.335 e. The second-order valence-electron chi connectivity index (χ2n) is 5.65. The molecule has 3 rings (SSSR count). The van der Waals surface area contributed by atoms with Gasteiger partial charge in [-0.1, -0.05) is 42.5 Å². The van der Waals surface area contributed by atoms with Crippen molar-refractivity contribution in [1.82, 2.24) is 5.32 Å². The Hall–Kier alpha value is -3.34. The quantitative estimate of drug-likeness (QED) is 0.741. The molecule has 0 aliphatic rings. The zero-order valence-corrected chi connectivity index (χ0v) is 13.7. The molecule has 126 valence electrons. The minimum atomic E-state index is -0.975. The van der Waals surface area contributed by atoms with Gasteiger partial charge in [0.15, 0.2) is 0 Å². The van der Waals surface area contributed by atoms with E-state index in [9.17, 15) is 9.59 Å². The molecule has 0 aliphatic carbocycles. The highest BCUT2D eigenvalue weighted by molar-refractivity contribution is 5.99. The molecule has 25 heavy (non-hydrogen) atoms. The van der Waals surface area contributed by atoms with Crippen molar-refractivity contribution in [2.75, 3.05) is 0 Å². The topological polar surface area (TPSA) is 79.5 Å². The van der Waals surface area contributed by atoms with Crippen molar-refractivity contribution in [2.45, 2.75) is 13.5 Å². The van der Waals surface area contributed by atoms with Crippen molar-refractivity contribution in [3.8, 4) is 11.3 Å². The fourth-order valence-electron chi connectivity index (χ4n) is 2.53. The Balaban J connectivity index is 1.75. The lowest BCUT2D eigenvalue weighted by molar-refractivity contribution is 0.0696. The monoisotopic (exact) mass is 335 g/mol. The Morgan fingerprint density at radius 1 is 1.04 bits per heavy atom. The number of hydrogen-bond donors (Lipinski definition) is 2. The molecule has 2 N–H and O–H groups in total. The van der Waals surface area contributed by atoms with Crippen LogP contribution in [0.5, 0.6) is 0 Å². The van der Waals surface area contributed by atoms with Crippen LogP contribution in [-0.2, 0) is 6.54 Å². The molecule has 0 saturated heterocycles. The summed E-state index contributed by atoms with van der Waals surface area (Å²) in [6, 6.07) is 17.6. The average molecular weight is 335 g/mol. The molecule has 5 nitrogen and oxygen atoms in total. The van der Waals surface area contributed by atoms with Crippen LogP contribution >= 0.6 is 0 Å². The van der Waals surface area contributed by atoms with Crippen molar-refractivity contribution >= 4 is 11.9 Å². The third kappa shape index (κ3) is 3.77. The van der Waals surface area contributed by atoms with Crippen molar-refractivity contribution in [3.05, 3.63) is 83.1 Å². The Morgan fingerprint density at radius 3 is 2.36 bits per heavy atom. The number of rotatable bonds is 5. The summed E-state index contributed by atoms with van der Waals surface area (Å²) in [5.74, 6) is -0.0124. The fourth-order valence-corrected chi connectivity index (χ4v) is 2.53. The fraction of sp³-hybridized carbons (Fsp3) is 0.100. The van der Waals surface area contributed by atoms with Crippen LogP contribution in [0.15, 0.2) is 65.1 Å². The van der Waals surface area contributed by atoms with E-state index in [4.69, 9.17) is 9.52 Å². The number of hydrogen-bond acceptors (Lipinski definition) is 3. The average Bonchev–Trinajstić information content (AvgIpc) is 3.02. The predicted molar refractivity (Wildman–Crippen MR) is 93.5 cm³/mol. The SMILES string of the molecule is Cc1cc(C(=O)NCc2ccc(C(=O)O)cc2)c(-c2ccccc2)o1. The summed E-state index contributed by atoms with van der Waals surface area (Å²) in [5.41, 5.74) is 2.35. The highest BCUT2D eigenvalue weighted by Gasteiger charge is 2.17. The van der Waals surface area contributed by atoms with E-state index in [1.807, 2.05) is 30.3 Å². The Labute approximate surface area is 144 Å². The Bertz CT molecular complexity index is 895. The summed E-state index contributed by atoms with van der Waals surface area (Å²) in [5, 5.41) is 11.7. The second kappa shape index (κ2) is 7.05. The molecule has 2 aromatic carbocycles. The van der Waals surface area contributed by atoms with Gasteiger partial charge in [-0.25, -0.2) is 4.79 Å². The highest BCUT2D eigenvalue weighted by Crippen LogP contribution is 2.27. The summed E-state index contributed by atoms with van der Waals surface area (Å²) >= 11 is 0. The van der Waals surface area contributed by atoms with Gasteiger partial charge in [-0.3, -0.25) is 4.79 Å². The molecule has 0 aliphatic heterocycles. The molecule has 0 saturated carbocycles. The van der Waals surface area contributed by atoms with Crippen LogP contribution in [0, 0.1) is 6.92 Å². The van der Waals surface area contributed by atoms with Crippen molar-refractivity contribution in [2.24, 2.45) is 0 Å². The first kappa shape index (κ1) is 16.5. The summed E-state index contributed by atoms with van der Waals surface area (Å²) in [7, 11) is 0. The van der Waals surface area contributed by atoms with Gasteiger partial charge in [-0.15, -0.1) is 0 Å². The van der Waals surface area contributed by atoms with Gasteiger partial charge in [0.05, 0.1) is 11.1 Å². The number of carboxylic acids is 1. The van der Waals surface area contributed by atoms with Crippen LogP contribution in [0.2, 0.25) is 0 Å². The first-order valence-electron chi connectivity index (χ1n) is 7.81. The molecule has 0 atom stereocenters. The minimum absolute atomic E-state index is 0.215. The molecule has 1 aromatic heterocycles. The summed E-state index contributed by atoms with van der Waals surface area (Å²) in [6.45, 7) is 2.10. The van der Waals surface area contributed by atoms with Crippen LogP contribution in [0.1, 0.15) is 32.0 Å².